The summed E-state index contributed by atoms with van der Waals surface area (Å²) in [6.45, 7) is 0.601. The number of nitrogens with zero attached hydrogens (tertiary/aromatic N) is 2. The largest absolute Gasteiger partial charge is 0.459 e. The molecule has 0 bridgehead atoms. The first-order valence-corrected chi connectivity index (χ1v) is 8.52. The van der Waals surface area contributed by atoms with Gasteiger partial charge in [-0.3, -0.25) is 0 Å². The van der Waals surface area contributed by atoms with Gasteiger partial charge in [-0.05, 0) is 42.9 Å². The monoisotopic (exact) mass is 323 g/mol. The Morgan fingerprint density at radius 2 is 1.96 bits per heavy atom. The maximum absolute atomic E-state index is 5.66. The lowest BCUT2D eigenvalue weighted by Crippen LogP contribution is -2.33. The number of hydrogen-bond acceptors (Lipinski definition) is 5. The third kappa shape index (κ3) is 3.41. The van der Waals surface area contributed by atoms with E-state index in [-0.39, 0.29) is 0 Å². The summed E-state index contributed by atoms with van der Waals surface area (Å²) in [4.78, 5) is 0. The molecule has 0 saturated heterocycles. The van der Waals surface area contributed by atoms with Crippen LogP contribution in [0.4, 0.5) is 0 Å². The zero-order chi connectivity index (χ0) is 16.2. The van der Waals surface area contributed by atoms with Crippen molar-refractivity contribution in [1.29, 1.82) is 0 Å². The molecule has 124 valence electrons. The van der Waals surface area contributed by atoms with Gasteiger partial charge in [-0.25, -0.2) is 0 Å². The number of rotatable bonds is 6. The highest BCUT2D eigenvalue weighted by Gasteiger charge is 2.27. The molecule has 3 aromatic rings. The van der Waals surface area contributed by atoms with Gasteiger partial charge in [0.2, 0.25) is 5.89 Å². The van der Waals surface area contributed by atoms with Gasteiger partial charge in [-0.1, -0.05) is 36.8 Å². The van der Waals surface area contributed by atoms with E-state index in [1.807, 2.05) is 12.1 Å². The molecule has 0 aliphatic heterocycles. The predicted molar refractivity (Wildman–Crippen MR) is 90.1 cm³/mol. The highest BCUT2D eigenvalue weighted by Crippen LogP contribution is 2.29. The molecule has 1 aliphatic rings. The van der Waals surface area contributed by atoms with Gasteiger partial charge in [-0.2, -0.15) is 0 Å². The Morgan fingerprint density at radius 3 is 2.79 bits per heavy atom. The van der Waals surface area contributed by atoms with Crippen LogP contribution in [0.2, 0.25) is 0 Å². The summed E-state index contributed by atoms with van der Waals surface area (Å²) in [5, 5.41) is 11.7. The third-order valence-electron chi connectivity index (χ3n) is 4.71. The Bertz CT molecular complexity index is 752. The van der Waals surface area contributed by atoms with E-state index in [4.69, 9.17) is 8.83 Å². The predicted octanol–water partition coefficient (Wildman–Crippen LogP) is 3.83. The summed E-state index contributed by atoms with van der Waals surface area (Å²) in [6.07, 6.45) is 6.48. The highest BCUT2D eigenvalue weighted by molar-refractivity contribution is 5.42. The van der Waals surface area contributed by atoms with Crippen LogP contribution in [-0.2, 0) is 13.0 Å². The molecule has 2 heterocycles. The maximum Gasteiger partial charge on any atom is 0.283 e. The molecule has 1 fully saturated rings. The number of hydrogen-bond donors (Lipinski definition) is 1. The SMILES string of the molecule is c1ccc(C[C@H]2CCC[C@@H]2NCc2nnc(-c3ccco3)o2)cc1. The van der Waals surface area contributed by atoms with Crippen LogP contribution in [0.25, 0.3) is 11.7 Å². The van der Waals surface area contributed by atoms with E-state index in [2.05, 4.69) is 45.8 Å². The minimum absolute atomic E-state index is 0.434. The van der Waals surface area contributed by atoms with E-state index in [0.717, 1.165) is 6.42 Å². The number of nitrogens with one attached hydrogen (secondary N) is 1. The molecule has 4 rings (SSSR count). The number of aromatic nitrogens is 2. The first kappa shape index (κ1) is 15.1. The highest BCUT2D eigenvalue weighted by atomic mass is 16.4. The van der Waals surface area contributed by atoms with Gasteiger partial charge < -0.3 is 14.2 Å². The number of benzene rings is 1. The van der Waals surface area contributed by atoms with E-state index in [1.54, 1.807) is 6.26 Å². The molecule has 1 aromatic carbocycles. The Balaban J connectivity index is 1.35. The van der Waals surface area contributed by atoms with Crippen molar-refractivity contribution in [3.05, 3.63) is 60.2 Å². The van der Waals surface area contributed by atoms with Gasteiger partial charge in [0.1, 0.15) is 0 Å². The smallest absolute Gasteiger partial charge is 0.283 e. The molecule has 5 heteroatoms. The Hall–Kier alpha value is -2.40. The topological polar surface area (TPSA) is 64.1 Å². The average Bonchev–Trinajstić information content (AvgIpc) is 3.36. The van der Waals surface area contributed by atoms with Crippen LogP contribution in [0.15, 0.2) is 57.6 Å². The summed E-state index contributed by atoms with van der Waals surface area (Å²) in [7, 11) is 0. The van der Waals surface area contributed by atoms with Gasteiger partial charge in [0.05, 0.1) is 12.8 Å². The second-order valence-corrected chi connectivity index (χ2v) is 6.35. The van der Waals surface area contributed by atoms with Crippen LogP contribution in [0.1, 0.15) is 30.7 Å². The molecule has 1 N–H and O–H groups in total. The fraction of sp³-hybridized carbons (Fsp3) is 0.368. The normalized spacial score (nSPS) is 20.5. The average molecular weight is 323 g/mol. The van der Waals surface area contributed by atoms with Crippen molar-refractivity contribution < 1.29 is 8.83 Å². The summed E-state index contributed by atoms with van der Waals surface area (Å²) in [5.74, 6) is 2.31. The molecule has 0 amide bonds. The molecule has 5 nitrogen and oxygen atoms in total. The molecule has 1 saturated carbocycles. The Kier molecular flexibility index (Phi) is 4.42. The summed E-state index contributed by atoms with van der Waals surface area (Å²) in [6, 6.07) is 14.8. The lowest BCUT2D eigenvalue weighted by Gasteiger charge is -2.20. The summed E-state index contributed by atoms with van der Waals surface area (Å²) >= 11 is 0. The molecule has 24 heavy (non-hydrogen) atoms. The fourth-order valence-corrected chi connectivity index (χ4v) is 3.51. The van der Waals surface area contributed by atoms with Crippen molar-refractivity contribution in [3.8, 4) is 11.7 Å². The second-order valence-electron chi connectivity index (χ2n) is 6.35. The zero-order valence-electron chi connectivity index (χ0n) is 13.5. The van der Waals surface area contributed by atoms with E-state index in [1.165, 1.54) is 24.8 Å². The lowest BCUT2D eigenvalue weighted by atomic mass is 9.94. The molecular weight excluding hydrogens is 302 g/mol. The zero-order valence-corrected chi connectivity index (χ0v) is 13.5. The van der Waals surface area contributed by atoms with Crippen LogP contribution in [-0.4, -0.2) is 16.2 Å². The summed E-state index contributed by atoms with van der Waals surface area (Å²) in [5.41, 5.74) is 1.41. The van der Waals surface area contributed by atoms with Crippen LogP contribution in [0.5, 0.6) is 0 Å². The van der Waals surface area contributed by atoms with Crippen LogP contribution in [0, 0.1) is 5.92 Å². The molecule has 0 unspecified atom stereocenters. The standard InChI is InChI=1S/C19H21N3O2/c1-2-6-14(7-3-1)12-15-8-4-9-16(15)20-13-18-21-22-19(24-18)17-10-5-11-23-17/h1-3,5-7,10-11,15-16,20H,4,8-9,12-13H2/t15-,16+/m1/s1. The van der Waals surface area contributed by atoms with Crippen molar-refractivity contribution >= 4 is 0 Å². The maximum atomic E-state index is 5.66. The van der Waals surface area contributed by atoms with Crippen molar-refractivity contribution in [2.75, 3.05) is 0 Å². The molecule has 2 aromatic heterocycles. The third-order valence-corrected chi connectivity index (χ3v) is 4.71. The van der Waals surface area contributed by atoms with E-state index >= 15 is 0 Å². The van der Waals surface area contributed by atoms with Gasteiger partial charge in [0.15, 0.2) is 5.76 Å². The van der Waals surface area contributed by atoms with Gasteiger partial charge in [0.25, 0.3) is 5.89 Å². The molecule has 0 radical (unpaired) electrons. The minimum atomic E-state index is 0.434. The Morgan fingerprint density at radius 1 is 1.04 bits per heavy atom. The van der Waals surface area contributed by atoms with Crippen molar-refractivity contribution in [2.45, 2.75) is 38.3 Å². The Labute approximate surface area is 141 Å². The molecule has 0 spiro atoms. The molecule has 2 atom stereocenters. The van der Waals surface area contributed by atoms with Gasteiger partial charge >= 0.3 is 0 Å². The first-order valence-electron chi connectivity index (χ1n) is 8.52. The van der Waals surface area contributed by atoms with Gasteiger partial charge in [-0.15, -0.1) is 10.2 Å². The second kappa shape index (κ2) is 7.01. The molecular formula is C19H21N3O2. The van der Waals surface area contributed by atoms with E-state index in [0.29, 0.717) is 36.0 Å². The lowest BCUT2D eigenvalue weighted by molar-refractivity contribution is 0.370. The summed E-state index contributed by atoms with van der Waals surface area (Å²) < 4.78 is 10.9. The minimum Gasteiger partial charge on any atom is -0.459 e. The van der Waals surface area contributed by atoms with Crippen LogP contribution >= 0.6 is 0 Å². The first-order chi connectivity index (χ1) is 11.9. The van der Waals surface area contributed by atoms with Crippen LogP contribution < -0.4 is 5.32 Å². The van der Waals surface area contributed by atoms with Crippen molar-refractivity contribution in [3.63, 3.8) is 0 Å². The quantitative estimate of drug-likeness (QED) is 0.747. The van der Waals surface area contributed by atoms with E-state index < -0.39 is 0 Å². The van der Waals surface area contributed by atoms with Crippen molar-refractivity contribution in [2.24, 2.45) is 5.92 Å². The van der Waals surface area contributed by atoms with Gasteiger partial charge in [0, 0.05) is 6.04 Å². The fourth-order valence-electron chi connectivity index (χ4n) is 3.51. The number of furan rings is 1. The van der Waals surface area contributed by atoms with Crippen LogP contribution in [0.3, 0.4) is 0 Å². The van der Waals surface area contributed by atoms with Crippen molar-refractivity contribution in [1.82, 2.24) is 15.5 Å². The molecule has 1 aliphatic carbocycles. The van der Waals surface area contributed by atoms with E-state index in [9.17, 15) is 0 Å².